The number of benzene rings is 1. The van der Waals surface area contributed by atoms with Crippen molar-refractivity contribution >= 4 is 34.1 Å². The molecule has 27 heavy (non-hydrogen) atoms. The summed E-state index contributed by atoms with van der Waals surface area (Å²) in [7, 11) is 1.67. The summed E-state index contributed by atoms with van der Waals surface area (Å²) in [6, 6.07) is 10.9. The lowest BCUT2D eigenvalue weighted by Crippen LogP contribution is -2.30. The summed E-state index contributed by atoms with van der Waals surface area (Å²) in [6.45, 7) is 0.179. The molecule has 1 aromatic carbocycles. The lowest BCUT2D eigenvalue weighted by molar-refractivity contribution is -0.151. The van der Waals surface area contributed by atoms with Gasteiger partial charge in [-0.1, -0.05) is 18.2 Å². The Balaban J connectivity index is 1.48. The van der Waals surface area contributed by atoms with E-state index < -0.39 is 5.97 Å². The van der Waals surface area contributed by atoms with Crippen molar-refractivity contribution in [3.05, 3.63) is 62.8 Å². The number of fused-ring (bicyclic) bond motifs is 1. The molecule has 8 heteroatoms. The Kier molecular flexibility index (Phi) is 5.97. The summed E-state index contributed by atoms with van der Waals surface area (Å²) in [5.74, 6) is -0.366. The van der Waals surface area contributed by atoms with E-state index in [2.05, 4.69) is 9.97 Å². The number of ether oxygens (including phenoxy) is 1. The van der Waals surface area contributed by atoms with Crippen LogP contribution in [0.5, 0.6) is 0 Å². The summed E-state index contributed by atoms with van der Waals surface area (Å²) in [4.78, 5) is 45.5. The number of carbonyl (C=O) groups is 2. The van der Waals surface area contributed by atoms with E-state index >= 15 is 0 Å². The van der Waals surface area contributed by atoms with Crippen LogP contribution in [0.2, 0.25) is 0 Å². The molecule has 0 aliphatic carbocycles. The van der Waals surface area contributed by atoms with E-state index in [0.29, 0.717) is 23.3 Å². The van der Waals surface area contributed by atoms with Crippen LogP contribution in [-0.2, 0) is 27.3 Å². The van der Waals surface area contributed by atoms with Crippen molar-refractivity contribution in [3.8, 4) is 0 Å². The van der Waals surface area contributed by atoms with Crippen molar-refractivity contribution in [3.63, 3.8) is 0 Å². The zero-order valence-electron chi connectivity index (χ0n) is 14.8. The number of amides is 1. The van der Waals surface area contributed by atoms with Crippen LogP contribution < -0.4 is 5.56 Å². The van der Waals surface area contributed by atoms with Crippen molar-refractivity contribution in [2.45, 2.75) is 19.4 Å². The van der Waals surface area contributed by atoms with Gasteiger partial charge in [-0.25, -0.2) is 4.98 Å². The largest absolute Gasteiger partial charge is 0.456 e. The number of aromatic nitrogens is 2. The van der Waals surface area contributed by atoms with Gasteiger partial charge in [0.15, 0.2) is 6.61 Å². The molecule has 140 valence electrons. The fourth-order valence-electron chi connectivity index (χ4n) is 2.52. The van der Waals surface area contributed by atoms with E-state index in [1.165, 1.54) is 4.90 Å². The van der Waals surface area contributed by atoms with Crippen molar-refractivity contribution in [1.82, 2.24) is 14.9 Å². The number of aromatic amines is 1. The highest BCUT2D eigenvalue weighted by Gasteiger charge is 2.13. The van der Waals surface area contributed by atoms with E-state index in [-0.39, 0.29) is 30.9 Å². The molecular formula is C19H19N3O4S. The van der Waals surface area contributed by atoms with Crippen molar-refractivity contribution in [2.75, 3.05) is 13.7 Å². The first-order valence-electron chi connectivity index (χ1n) is 8.43. The normalized spacial score (nSPS) is 10.7. The van der Waals surface area contributed by atoms with Gasteiger partial charge in [-0.15, -0.1) is 11.3 Å². The van der Waals surface area contributed by atoms with Crippen molar-refractivity contribution in [1.29, 1.82) is 0 Å². The number of nitrogens with zero attached hydrogens (tertiary/aromatic N) is 2. The number of thiophene rings is 1. The zero-order valence-corrected chi connectivity index (χ0v) is 15.6. The summed E-state index contributed by atoms with van der Waals surface area (Å²) in [5.41, 5.74) is 0.337. The number of nitrogens with one attached hydrogen (secondary N) is 1. The Morgan fingerprint density at radius 2 is 2.04 bits per heavy atom. The van der Waals surface area contributed by atoms with Crippen LogP contribution in [0.3, 0.4) is 0 Å². The molecular weight excluding hydrogens is 366 g/mol. The van der Waals surface area contributed by atoms with Crippen LogP contribution in [-0.4, -0.2) is 40.4 Å². The molecule has 1 amide bonds. The Bertz CT molecular complexity index is 998. The van der Waals surface area contributed by atoms with Crippen LogP contribution in [0.15, 0.2) is 46.6 Å². The van der Waals surface area contributed by atoms with Gasteiger partial charge in [0.2, 0.25) is 0 Å². The van der Waals surface area contributed by atoms with E-state index in [9.17, 15) is 14.4 Å². The van der Waals surface area contributed by atoms with Crippen LogP contribution in [0.1, 0.15) is 17.1 Å². The number of hydrogen-bond acceptors (Lipinski definition) is 6. The first-order chi connectivity index (χ1) is 13.0. The quantitative estimate of drug-likeness (QED) is 0.629. The predicted octanol–water partition coefficient (Wildman–Crippen LogP) is 2.12. The van der Waals surface area contributed by atoms with Gasteiger partial charge in [0.05, 0.1) is 23.9 Å². The summed E-state index contributed by atoms with van der Waals surface area (Å²) in [6.07, 6.45) is 0.265. The highest BCUT2D eigenvalue weighted by molar-refractivity contribution is 7.09. The number of H-pyrrole nitrogens is 1. The van der Waals surface area contributed by atoms with E-state index in [1.807, 2.05) is 17.5 Å². The second-order valence-corrected chi connectivity index (χ2v) is 7.05. The average molecular weight is 385 g/mol. The fourth-order valence-corrected chi connectivity index (χ4v) is 3.28. The number of esters is 1. The lowest BCUT2D eigenvalue weighted by Gasteiger charge is -2.16. The third-order valence-electron chi connectivity index (χ3n) is 3.98. The SMILES string of the molecule is CN(Cc1cccs1)C(=O)COC(=O)CCc1nc2ccccc2c(=O)[nH]1. The van der Waals surface area contributed by atoms with Crippen molar-refractivity contribution in [2.24, 2.45) is 0 Å². The van der Waals surface area contributed by atoms with Gasteiger partial charge >= 0.3 is 5.97 Å². The van der Waals surface area contributed by atoms with Gasteiger partial charge in [0.1, 0.15) is 5.82 Å². The number of carbonyl (C=O) groups excluding carboxylic acids is 2. The van der Waals surface area contributed by atoms with Crippen molar-refractivity contribution < 1.29 is 14.3 Å². The third-order valence-corrected chi connectivity index (χ3v) is 4.84. The molecule has 0 atom stereocenters. The number of hydrogen-bond donors (Lipinski definition) is 1. The summed E-state index contributed by atoms with van der Waals surface area (Å²) < 4.78 is 5.04. The van der Waals surface area contributed by atoms with Gasteiger partial charge in [-0.2, -0.15) is 0 Å². The standard InChI is InChI=1S/C19H19N3O4S/c1-22(11-13-5-4-10-27-13)17(23)12-26-18(24)9-8-16-20-15-7-3-2-6-14(15)19(25)21-16/h2-7,10H,8-9,11-12H2,1H3,(H,20,21,25). The van der Waals surface area contributed by atoms with E-state index in [0.717, 1.165) is 4.88 Å². The van der Waals surface area contributed by atoms with Gasteiger partial charge < -0.3 is 14.6 Å². The highest BCUT2D eigenvalue weighted by atomic mass is 32.1. The molecule has 0 aliphatic heterocycles. The molecule has 7 nitrogen and oxygen atoms in total. The first-order valence-corrected chi connectivity index (χ1v) is 9.31. The molecule has 0 unspecified atom stereocenters. The Labute approximate surface area is 159 Å². The topological polar surface area (TPSA) is 92.4 Å². The maximum atomic E-state index is 12.0. The first kappa shape index (κ1) is 18.8. The minimum Gasteiger partial charge on any atom is -0.456 e. The molecule has 0 aliphatic rings. The Hall–Kier alpha value is -3.00. The van der Waals surface area contributed by atoms with Crippen LogP contribution >= 0.6 is 11.3 Å². The van der Waals surface area contributed by atoms with Gasteiger partial charge in [-0.05, 0) is 23.6 Å². The number of aryl methyl sites for hydroxylation is 1. The van der Waals surface area contributed by atoms with Gasteiger partial charge in [0.25, 0.3) is 11.5 Å². The molecule has 0 bridgehead atoms. The molecule has 1 N–H and O–H groups in total. The number of para-hydroxylation sites is 1. The lowest BCUT2D eigenvalue weighted by atomic mass is 10.2. The van der Waals surface area contributed by atoms with Gasteiger partial charge in [0, 0.05) is 18.3 Å². The third kappa shape index (κ3) is 5.01. The van der Waals surface area contributed by atoms with Crippen LogP contribution in [0.4, 0.5) is 0 Å². The average Bonchev–Trinajstić information content (AvgIpc) is 3.17. The molecule has 0 saturated carbocycles. The minimum atomic E-state index is -0.510. The van der Waals surface area contributed by atoms with E-state index in [1.54, 1.807) is 42.6 Å². The molecule has 0 radical (unpaired) electrons. The molecule has 2 heterocycles. The zero-order chi connectivity index (χ0) is 19.2. The summed E-state index contributed by atoms with van der Waals surface area (Å²) >= 11 is 1.56. The predicted molar refractivity (Wildman–Crippen MR) is 102 cm³/mol. The fraction of sp³-hybridized carbons (Fsp3) is 0.263. The molecule has 2 aromatic heterocycles. The Morgan fingerprint density at radius 1 is 1.22 bits per heavy atom. The second-order valence-electron chi connectivity index (χ2n) is 6.02. The maximum absolute atomic E-state index is 12.0. The van der Waals surface area contributed by atoms with E-state index in [4.69, 9.17) is 4.74 Å². The molecule has 3 aromatic rings. The highest BCUT2D eigenvalue weighted by Crippen LogP contribution is 2.11. The smallest absolute Gasteiger partial charge is 0.306 e. The molecule has 3 rings (SSSR count). The monoisotopic (exact) mass is 385 g/mol. The summed E-state index contributed by atoms with van der Waals surface area (Å²) in [5, 5.41) is 2.45. The molecule has 0 fully saturated rings. The molecule has 0 spiro atoms. The van der Waals surface area contributed by atoms with Gasteiger partial charge in [-0.3, -0.25) is 14.4 Å². The minimum absolute atomic E-state index is 0.0310. The maximum Gasteiger partial charge on any atom is 0.306 e. The van der Waals surface area contributed by atoms with Crippen LogP contribution in [0, 0.1) is 0 Å². The number of rotatable bonds is 7. The molecule has 0 saturated heterocycles. The second kappa shape index (κ2) is 8.59. The Morgan fingerprint density at radius 3 is 2.81 bits per heavy atom. The number of likely N-dealkylation sites (N-methyl/N-ethyl adjacent to an activating group) is 1. The van der Waals surface area contributed by atoms with Crippen LogP contribution in [0.25, 0.3) is 10.9 Å².